The topological polar surface area (TPSA) is 114 Å². The number of hydrogen-bond donors (Lipinski definition) is 2. The highest BCUT2D eigenvalue weighted by atomic mass is 35.5. The third-order valence-corrected chi connectivity index (χ3v) is 6.17. The molecule has 0 aliphatic carbocycles. The van der Waals surface area contributed by atoms with Crippen LogP contribution in [0.25, 0.3) is 6.08 Å². The summed E-state index contributed by atoms with van der Waals surface area (Å²) in [6.45, 7) is 5.60. The van der Waals surface area contributed by atoms with Crippen LogP contribution in [0.5, 0.6) is 11.5 Å². The molecule has 0 aromatic heterocycles. The van der Waals surface area contributed by atoms with Crippen LogP contribution >= 0.6 is 11.6 Å². The number of benzene rings is 3. The molecular formula is C29H26ClN3O6. The molecular weight excluding hydrogens is 522 g/mol. The minimum absolute atomic E-state index is 0.216. The number of nitrogens with zero attached hydrogens (tertiary/aromatic N) is 1. The maximum absolute atomic E-state index is 13.2. The van der Waals surface area contributed by atoms with Gasteiger partial charge in [0.1, 0.15) is 5.57 Å². The van der Waals surface area contributed by atoms with Crippen LogP contribution in [-0.2, 0) is 14.4 Å². The molecule has 3 aromatic carbocycles. The SMILES string of the molecule is CCOc1cc(/C=C2\C(=O)NC(=O)N(c3ccc(C)c(C)c3)C2=O)ccc1OCC(=O)Nc1ccc(Cl)cc1. The first-order chi connectivity index (χ1) is 18.7. The zero-order valence-electron chi connectivity index (χ0n) is 21.5. The summed E-state index contributed by atoms with van der Waals surface area (Å²) >= 11 is 5.87. The van der Waals surface area contributed by atoms with Gasteiger partial charge in [0, 0.05) is 10.7 Å². The van der Waals surface area contributed by atoms with Crippen molar-refractivity contribution in [2.45, 2.75) is 20.8 Å². The molecule has 4 rings (SSSR count). The Bertz CT molecular complexity index is 1480. The summed E-state index contributed by atoms with van der Waals surface area (Å²) in [4.78, 5) is 51.6. The Morgan fingerprint density at radius 2 is 1.69 bits per heavy atom. The van der Waals surface area contributed by atoms with Gasteiger partial charge in [-0.1, -0.05) is 23.7 Å². The molecule has 9 nitrogen and oxygen atoms in total. The molecule has 5 amide bonds. The van der Waals surface area contributed by atoms with E-state index in [2.05, 4.69) is 10.6 Å². The van der Waals surface area contributed by atoms with E-state index in [1.807, 2.05) is 13.8 Å². The van der Waals surface area contributed by atoms with Gasteiger partial charge in [0.25, 0.3) is 17.7 Å². The van der Waals surface area contributed by atoms with Crippen molar-refractivity contribution in [2.75, 3.05) is 23.4 Å². The number of aryl methyl sites for hydroxylation is 2. The third kappa shape index (κ3) is 6.45. The van der Waals surface area contributed by atoms with E-state index in [1.165, 1.54) is 6.08 Å². The second-order valence-electron chi connectivity index (χ2n) is 8.71. The van der Waals surface area contributed by atoms with Crippen molar-refractivity contribution in [3.8, 4) is 11.5 Å². The summed E-state index contributed by atoms with van der Waals surface area (Å²) in [5.74, 6) is -1.31. The van der Waals surface area contributed by atoms with Crippen LogP contribution in [0.1, 0.15) is 23.6 Å². The predicted molar refractivity (Wildman–Crippen MR) is 148 cm³/mol. The summed E-state index contributed by atoms with van der Waals surface area (Å²) < 4.78 is 11.3. The lowest BCUT2D eigenvalue weighted by Crippen LogP contribution is -2.54. The quantitative estimate of drug-likeness (QED) is 0.302. The molecule has 2 N–H and O–H groups in total. The van der Waals surface area contributed by atoms with Gasteiger partial charge >= 0.3 is 6.03 Å². The molecule has 1 saturated heterocycles. The maximum Gasteiger partial charge on any atom is 0.335 e. The number of urea groups is 1. The van der Waals surface area contributed by atoms with Gasteiger partial charge in [-0.15, -0.1) is 0 Å². The zero-order chi connectivity index (χ0) is 28.1. The lowest BCUT2D eigenvalue weighted by atomic mass is 10.0. The summed E-state index contributed by atoms with van der Waals surface area (Å²) in [6.07, 6.45) is 1.37. The van der Waals surface area contributed by atoms with Crippen molar-refractivity contribution < 1.29 is 28.7 Å². The van der Waals surface area contributed by atoms with Gasteiger partial charge in [0.05, 0.1) is 12.3 Å². The normalized spacial score (nSPS) is 14.3. The van der Waals surface area contributed by atoms with Crippen molar-refractivity contribution >= 4 is 52.8 Å². The number of carbonyl (C=O) groups is 4. The second kappa shape index (κ2) is 11.8. The van der Waals surface area contributed by atoms with E-state index in [0.717, 1.165) is 16.0 Å². The fourth-order valence-electron chi connectivity index (χ4n) is 3.80. The van der Waals surface area contributed by atoms with E-state index in [-0.39, 0.29) is 18.1 Å². The molecule has 10 heteroatoms. The average Bonchev–Trinajstić information content (AvgIpc) is 2.89. The molecule has 1 heterocycles. The highest BCUT2D eigenvalue weighted by Gasteiger charge is 2.37. The van der Waals surface area contributed by atoms with E-state index in [4.69, 9.17) is 21.1 Å². The van der Waals surface area contributed by atoms with Gasteiger partial charge in [0.15, 0.2) is 18.1 Å². The van der Waals surface area contributed by atoms with Crippen LogP contribution in [0.4, 0.5) is 16.2 Å². The lowest BCUT2D eigenvalue weighted by Gasteiger charge is -2.27. The molecule has 1 fully saturated rings. The number of rotatable bonds is 8. The van der Waals surface area contributed by atoms with E-state index in [0.29, 0.717) is 40.1 Å². The number of nitrogens with one attached hydrogen (secondary N) is 2. The molecule has 0 unspecified atom stereocenters. The molecule has 0 saturated carbocycles. The molecule has 0 spiro atoms. The Morgan fingerprint density at radius 3 is 2.38 bits per heavy atom. The summed E-state index contributed by atoms with van der Waals surface area (Å²) in [6, 6.07) is 15.8. The molecule has 0 atom stereocenters. The van der Waals surface area contributed by atoms with Gasteiger partial charge in [-0.05, 0) is 92.1 Å². The van der Waals surface area contributed by atoms with E-state index >= 15 is 0 Å². The number of anilines is 2. The van der Waals surface area contributed by atoms with Crippen LogP contribution in [0.3, 0.4) is 0 Å². The monoisotopic (exact) mass is 547 g/mol. The van der Waals surface area contributed by atoms with Crippen LogP contribution in [0.2, 0.25) is 5.02 Å². The number of barbiturate groups is 1. The Morgan fingerprint density at radius 1 is 0.949 bits per heavy atom. The molecule has 3 aromatic rings. The van der Waals surface area contributed by atoms with Crippen molar-refractivity contribution in [1.29, 1.82) is 0 Å². The molecule has 0 bridgehead atoms. The molecule has 200 valence electrons. The highest BCUT2D eigenvalue weighted by molar-refractivity contribution is 6.39. The maximum atomic E-state index is 13.2. The number of ether oxygens (including phenoxy) is 2. The van der Waals surface area contributed by atoms with Gasteiger partial charge in [-0.3, -0.25) is 19.7 Å². The van der Waals surface area contributed by atoms with Crippen molar-refractivity contribution in [3.63, 3.8) is 0 Å². The summed E-state index contributed by atoms with van der Waals surface area (Å²) in [7, 11) is 0. The summed E-state index contributed by atoms with van der Waals surface area (Å²) in [5, 5.41) is 5.48. The third-order valence-electron chi connectivity index (χ3n) is 5.92. The van der Waals surface area contributed by atoms with Crippen LogP contribution in [0.15, 0.2) is 66.2 Å². The Labute approximate surface area is 230 Å². The minimum atomic E-state index is -0.818. The highest BCUT2D eigenvalue weighted by Crippen LogP contribution is 2.30. The van der Waals surface area contributed by atoms with Crippen molar-refractivity contribution in [2.24, 2.45) is 0 Å². The number of halogens is 1. The van der Waals surface area contributed by atoms with E-state index < -0.39 is 17.8 Å². The molecule has 1 aliphatic heterocycles. The Hall–Kier alpha value is -4.63. The van der Waals surface area contributed by atoms with Gasteiger partial charge in [0.2, 0.25) is 0 Å². The first-order valence-electron chi connectivity index (χ1n) is 12.1. The van der Waals surface area contributed by atoms with Gasteiger partial charge in [-0.2, -0.15) is 0 Å². The minimum Gasteiger partial charge on any atom is -0.490 e. The molecule has 1 aliphatic rings. The van der Waals surface area contributed by atoms with Crippen molar-refractivity contribution in [3.05, 3.63) is 87.9 Å². The number of hydrogen-bond acceptors (Lipinski definition) is 6. The first kappa shape index (κ1) is 27.4. The fourth-order valence-corrected chi connectivity index (χ4v) is 3.92. The number of amides is 5. The Kier molecular flexibility index (Phi) is 8.31. The second-order valence-corrected chi connectivity index (χ2v) is 9.15. The van der Waals surface area contributed by atoms with Crippen LogP contribution in [0, 0.1) is 13.8 Å². The average molecular weight is 548 g/mol. The standard InChI is InChI=1S/C29H26ClN3O6/c1-4-38-25-15-19(6-12-24(25)39-16-26(34)31-21-9-7-20(30)8-10-21)14-23-27(35)32-29(37)33(28(23)36)22-11-5-17(2)18(3)13-22/h5-15H,4,16H2,1-3H3,(H,31,34)(H,32,35,37)/b23-14+. The van der Waals surface area contributed by atoms with Gasteiger partial charge < -0.3 is 14.8 Å². The number of carbonyl (C=O) groups excluding carboxylic acids is 4. The van der Waals surface area contributed by atoms with Gasteiger partial charge in [-0.25, -0.2) is 9.69 Å². The molecule has 0 radical (unpaired) electrons. The van der Waals surface area contributed by atoms with Crippen LogP contribution < -0.4 is 25.0 Å². The first-order valence-corrected chi connectivity index (χ1v) is 12.5. The Balaban J connectivity index is 1.54. The smallest absolute Gasteiger partial charge is 0.335 e. The summed E-state index contributed by atoms with van der Waals surface area (Å²) in [5.41, 5.74) is 3.08. The van der Waals surface area contributed by atoms with E-state index in [1.54, 1.807) is 67.6 Å². The fraction of sp³-hybridized carbons (Fsp3) is 0.172. The van der Waals surface area contributed by atoms with Crippen molar-refractivity contribution in [1.82, 2.24) is 5.32 Å². The predicted octanol–water partition coefficient (Wildman–Crippen LogP) is 5.04. The lowest BCUT2D eigenvalue weighted by molar-refractivity contribution is -0.122. The van der Waals surface area contributed by atoms with E-state index in [9.17, 15) is 19.2 Å². The number of imide groups is 2. The van der Waals surface area contributed by atoms with Crippen LogP contribution in [-0.4, -0.2) is 37.0 Å². The zero-order valence-corrected chi connectivity index (χ0v) is 22.3. The largest absolute Gasteiger partial charge is 0.490 e. The molecule has 39 heavy (non-hydrogen) atoms.